The molecule has 0 aliphatic rings. The Kier molecular flexibility index (Phi) is 5.17. The predicted molar refractivity (Wildman–Crippen MR) is 82.4 cm³/mol. The smallest absolute Gasteiger partial charge is 0.254 e. The van der Waals surface area contributed by atoms with Gasteiger partial charge in [-0.3, -0.25) is 4.79 Å². The molecule has 0 aliphatic carbocycles. The highest BCUT2D eigenvalue weighted by Crippen LogP contribution is 2.23. The number of nitrogens with zero attached hydrogens (tertiary/aromatic N) is 1. The minimum absolute atomic E-state index is 0.197. The molecule has 0 bridgehead atoms. The second-order valence-electron chi connectivity index (χ2n) is 4.25. The molecule has 0 spiro atoms. The van der Waals surface area contributed by atoms with Gasteiger partial charge in [-0.2, -0.15) is 0 Å². The first-order valence-electron chi connectivity index (χ1n) is 6.12. The van der Waals surface area contributed by atoms with Gasteiger partial charge in [0.25, 0.3) is 5.91 Å². The van der Waals surface area contributed by atoms with E-state index in [1.807, 2.05) is 24.6 Å². The molecule has 0 fully saturated rings. The molecule has 6 heteroatoms. The molecule has 1 unspecified atom stereocenters. The van der Waals surface area contributed by atoms with Gasteiger partial charge in [0, 0.05) is 17.6 Å². The summed E-state index contributed by atoms with van der Waals surface area (Å²) in [7, 11) is 0. The topological polar surface area (TPSA) is 62.2 Å². The molecule has 4 nitrogen and oxygen atoms in total. The monoisotopic (exact) mass is 308 g/mol. The van der Waals surface area contributed by atoms with Crippen LogP contribution in [-0.2, 0) is 0 Å². The molecule has 2 N–H and O–H groups in total. The molecule has 2 heterocycles. The molecule has 0 saturated heterocycles. The van der Waals surface area contributed by atoms with E-state index in [1.165, 1.54) is 23.1 Å². The minimum atomic E-state index is -0.673. The van der Waals surface area contributed by atoms with Gasteiger partial charge in [0.2, 0.25) is 0 Å². The van der Waals surface area contributed by atoms with Crippen molar-refractivity contribution in [1.29, 1.82) is 0 Å². The van der Waals surface area contributed by atoms with Gasteiger partial charge in [-0.05, 0) is 42.3 Å². The number of pyridine rings is 1. The molecular formula is C14H16N2O2S2. The highest BCUT2D eigenvalue weighted by Gasteiger charge is 2.15. The summed E-state index contributed by atoms with van der Waals surface area (Å²) in [5.74, 6) is -0.212. The van der Waals surface area contributed by atoms with Crippen molar-refractivity contribution in [1.82, 2.24) is 10.3 Å². The predicted octanol–water partition coefficient (Wildman–Crippen LogP) is 2.64. The maximum Gasteiger partial charge on any atom is 0.254 e. The number of rotatable bonds is 5. The first kappa shape index (κ1) is 15.0. The molecular weight excluding hydrogens is 292 g/mol. The van der Waals surface area contributed by atoms with E-state index in [-0.39, 0.29) is 12.5 Å². The highest BCUT2D eigenvalue weighted by atomic mass is 32.2. The minimum Gasteiger partial charge on any atom is -0.386 e. The van der Waals surface area contributed by atoms with Crippen molar-refractivity contribution in [3.8, 4) is 0 Å². The lowest BCUT2D eigenvalue weighted by Gasteiger charge is -2.12. The first-order chi connectivity index (χ1) is 9.63. The van der Waals surface area contributed by atoms with Gasteiger partial charge < -0.3 is 10.4 Å². The number of amides is 1. The Balaban J connectivity index is 2.00. The van der Waals surface area contributed by atoms with Crippen LogP contribution in [0.3, 0.4) is 0 Å². The summed E-state index contributed by atoms with van der Waals surface area (Å²) >= 11 is 2.92. The van der Waals surface area contributed by atoms with Gasteiger partial charge in [-0.25, -0.2) is 4.98 Å². The number of thioether (sulfide) groups is 1. The fourth-order valence-corrected chi connectivity index (χ4v) is 3.29. The summed E-state index contributed by atoms with van der Waals surface area (Å²) in [4.78, 5) is 17.2. The molecule has 1 atom stereocenters. The summed E-state index contributed by atoms with van der Waals surface area (Å²) in [6.45, 7) is 2.15. The maximum absolute atomic E-state index is 12.1. The lowest BCUT2D eigenvalue weighted by atomic mass is 10.2. The van der Waals surface area contributed by atoms with Gasteiger partial charge in [0.1, 0.15) is 11.1 Å². The molecule has 2 aromatic rings. The summed E-state index contributed by atoms with van der Waals surface area (Å²) in [6.07, 6.45) is 2.86. The van der Waals surface area contributed by atoms with Crippen molar-refractivity contribution >= 4 is 29.0 Å². The summed E-state index contributed by atoms with van der Waals surface area (Å²) in [6, 6.07) is 5.42. The molecule has 0 aromatic carbocycles. The quantitative estimate of drug-likeness (QED) is 0.834. The average Bonchev–Trinajstić information content (AvgIpc) is 2.90. The number of aromatic nitrogens is 1. The van der Waals surface area contributed by atoms with Gasteiger partial charge >= 0.3 is 0 Å². The number of aryl methyl sites for hydroxylation is 1. The Labute approximate surface area is 126 Å². The third-order valence-corrected chi connectivity index (χ3v) is 4.70. The van der Waals surface area contributed by atoms with E-state index >= 15 is 0 Å². The van der Waals surface area contributed by atoms with Crippen molar-refractivity contribution in [3.05, 3.63) is 45.8 Å². The highest BCUT2D eigenvalue weighted by molar-refractivity contribution is 7.98. The Hall–Kier alpha value is -1.37. The summed E-state index contributed by atoms with van der Waals surface area (Å²) in [5.41, 5.74) is 1.58. The Bertz CT molecular complexity index is 598. The van der Waals surface area contributed by atoms with E-state index in [0.29, 0.717) is 10.6 Å². The molecule has 20 heavy (non-hydrogen) atoms. The zero-order valence-corrected chi connectivity index (χ0v) is 12.9. The Morgan fingerprint density at radius 2 is 2.35 bits per heavy atom. The standard InChI is InChI=1S/C14H16N2O2S2/c1-9-5-7-20-12(9)11(17)8-16-13(18)10-4-3-6-15-14(10)19-2/h3-7,11,17H,8H2,1-2H3,(H,16,18). The van der Waals surface area contributed by atoms with Crippen LogP contribution in [0.25, 0.3) is 0 Å². The van der Waals surface area contributed by atoms with E-state index in [4.69, 9.17) is 0 Å². The molecule has 106 valence electrons. The second-order valence-corrected chi connectivity index (χ2v) is 6.00. The lowest BCUT2D eigenvalue weighted by Crippen LogP contribution is -2.28. The van der Waals surface area contributed by atoms with Crippen LogP contribution < -0.4 is 5.32 Å². The van der Waals surface area contributed by atoms with Crippen LogP contribution in [0.1, 0.15) is 26.9 Å². The van der Waals surface area contributed by atoms with Crippen molar-refractivity contribution in [2.45, 2.75) is 18.1 Å². The number of carbonyl (C=O) groups is 1. The van der Waals surface area contributed by atoms with Crippen molar-refractivity contribution in [2.24, 2.45) is 0 Å². The van der Waals surface area contributed by atoms with Crippen molar-refractivity contribution in [2.75, 3.05) is 12.8 Å². The molecule has 0 saturated carbocycles. The van der Waals surface area contributed by atoms with Gasteiger partial charge in [0.15, 0.2) is 0 Å². The number of nitrogens with one attached hydrogen (secondary N) is 1. The SMILES string of the molecule is CSc1ncccc1C(=O)NCC(O)c1sccc1C. The molecule has 1 amide bonds. The molecule has 2 rings (SSSR count). The van der Waals surface area contributed by atoms with Crippen LogP contribution in [-0.4, -0.2) is 28.8 Å². The third kappa shape index (κ3) is 3.39. The van der Waals surface area contributed by atoms with Crippen LogP contribution in [0.5, 0.6) is 0 Å². The van der Waals surface area contributed by atoms with Crippen LogP contribution in [0.4, 0.5) is 0 Å². The zero-order valence-electron chi connectivity index (χ0n) is 11.3. The van der Waals surface area contributed by atoms with Gasteiger partial charge in [0.05, 0.1) is 5.56 Å². The molecule has 2 aromatic heterocycles. The number of hydrogen-bond donors (Lipinski definition) is 2. The fourth-order valence-electron chi connectivity index (χ4n) is 1.83. The number of hydrogen-bond acceptors (Lipinski definition) is 5. The van der Waals surface area contributed by atoms with E-state index in [2.05, 4.69) is 10.3 Å². The first-order valence-corrected chi connectivity index (χ1v) is 8.23. The van der Waals surface area contributed by atoms with Gasteiger partial charge in [-0.1, -0.05) is 0 Å². The maximum atomic E-state index is 12.1. The van der Waals surface area contributed by atoms with E-state index < -0.39 is 6.10 Å². The fraction of sp³-hybridized carbons (Fsp3) is 0.286. The Morgan fingerprint density at radius 1 is 1.55 bits per heavy atom. The number of aliphatic hydroxyl groups excluding tert-OH is 1. The summed E-state index contributed by atoms with van der Waals surface area (Å²) in [5, 5.41) is 15.5. The number of thiophene rings is 1. The lowest BCUT2D eigenvalue weighted by molar-refractivity contribution is 0.0914. The average molecular weight is 308 g/mol. The van der Waals surface area contributed by atoms with Crippen LogP contribution in [0, 0.1) is 6.92 Å². The van der Waals surface area contributed by atoms with E-state index in [0.717, 1.165) is 10.4 Å². The van der Waals surface area contributed by atoms with Crippen LogP contribution in [0.15, 0.2) is 34.8 Å². The van der Waals surface area contributed by atoms with Crippen molar-refractivity contribution in [3.63, 3.8) is 0 Å². The largest absolute Gasteiger partial charge is 0.386 e. The van der Waals surface area contributed by atoms with E-state index in [9.17, 15) is 9.90 Å². The molecule has 0 radical (unpaired) electrons. The number of carbonyl (C=O) groups excluding carboxylic acids is 1. The van der Waals surface area contributed by atoms with Crippen molar-refractivity contribution < 1.29 is 9.90 Å². The third-order valence-electron chi connectivity index (χ3n) is 2.87. The molecule has 0 aliphatic heterocycles. The number of aliphatic hydroxyl groups is 1. The van der Waals surface area contributed by atoms with Crippen LogP contribution >= 0.6 is 23.1 Å². The summed E-state index contributed by atoms with van der Waals surface area (Å²) < 4.78 is 0. The second kappa shape index (κ2) is 6.88. The van der Waals surface area contributed by atoms with Crippen LogP contribution in [0.2, 0.25) is 0 Å². The Morgan fingerprint density at radius 3 is 3.00 bits per heavy atom. The zero-order chi connectivity index (χ0) is 14.5. The van der Waals surface area contributed by atoms with Gasteiger partial charge in [-0.15, -0.1) is 23.1 Å². The van der Waals surface area contributed by atoms with E-state index in [1.54, 1.807) is 18.3 Å². The normalized spacial score (nSPS) is 12.2.